The van der Waals surface area contributed by atoms with Crippen LogP contribution in [0.15, 0.2) is 29.2 Å². The second kappa shape index (κ2) is 6.31. The zero-order chi connectivity index (χ0) is 13.7. The highest BCUT2D eigenvalue weighted by atomic mass is 32.2. The van der Waals surface area contributed by atoms with Crippen LogP contribution < -0.4 is 10.1 Å². The fourth-order valence-corrected chi connectivity index (χ4v) is 4.04. The average molecular weight is 276 g/mol. The van der Waals surface area contributed by atoms with E-state index in [0.29, 0.717) is 5.25 Å². The van der Waals surface area contributed by atoms with Gasteiger partial charge in [-0.25, -0.2) is 0 Å². The molecule has 1 fully saturated rings. The van der Waals surface area contributed by atoms with Gasteiger partial charge in [-0.15, -0.1) is 11.8 Å². The van der Waals surface area contributed by atoms with Crippen LogP contribution in [0.2, 0.25) is 0 Å². The number of hydrogen-bond donors (Lipinski definition) is 1. The van der Waals surface area contributed by atoms with E-state index < -0.39 is 0 Å². The second-order valence-electron chi connectivity index (χ2n) is 4.93. The minimum absolute atomic E-state index is 0.349. The van der Waals surface area contributed by atoms with E-state index in [1.807, 2.05) is 37.0 Å². The Bertz CT molecular complexity index is 471. The van der Waals surface area contributed by atoms with Crippen LogP contribution in [0.1, 0.15) is 25.7 Å². The van der Waals surface area contributed by atoms with Crippen molar-refractivity contribution in [3.63, 3.8) is 0 Å². The van der Waals surface area contributed by atoms with Gasteiger partial charge in [0, 0.05) is 10.1 Å². The third kappa shape index (κ3) is 3.23. The molecule has 1 aliphatic carbocycles. The average Bonchev–Trinajstić information content (AvgIpc) is 2.48. The summed E-state index contributed by atoms with van der Waals surface area (Å²) in [6, 6.07) is 10.5. The molecular formula is C15H20N2OS. The van der Waals surface area contributed by atoms with E-state index in [9.17, 15) is 5.26 Å². The highest BCUT2D eigenvalue weighted by Gasteiger charge is 2.35. The summed E-state index contributed by atoms with van der Waals surface area (Å²) in [5.74, 6) is 0.921. The predicted molar refractivity (Wildman–Crippen MR) is 78.5 cm³/mol. The van der Waals surface area contributed by atoms with Gasteiger partial charge in [0.15, 0.2) is 0 Å². The molecule has 2 atom stereocenters. The molecule has 1 aromatic carbocycles. The molecule has 0 saturated heterocycles. The molecule has 0 amide bonds. The van der Waals surface area contributed by atoms with E-state index in [1.54, 1.807) is 7.11 Å². The van der Waals surface area contributed by atoms with Gasteiger partial charge >= 0.3 is 0 Å². The van der Waals surface area contributed by atoms with Crippen molar-refractivity contribution in [2.45, 2.75) is 41.4 Å². The summed E-state index contributed by atoms with van der Waals surface area (Å²) in [4.78, 5) is 1.17. The number of nitriles is 1. The molecule has 4 heteroatoms. The standard InChI is InChI=1S/C15H20N2OS/c1-17-15(11-16)9-5-6-12(10-15)19-14-8-4-3-7-13(14)18-2/h3-4,7-8,12,17H,5-6,9-10H2,1-2H3. The van der Waals surface area contributed by atoms with E-state index >= 15 is 0 Å². The Balaban J connectivity index is 2.09. The summed E-state index contributed by atoms with van der Waals surface area (Å²) in [6.07, 6.45) is 4.10. The second-order valence-corrected chi connectivity index (χ2v) is 6.27. The van der Waals surface area contributed by atoms with Crippen molar-refractivity contribution >= 4 is 11.8 Å². The van der Waals surface area contributed by atoms with Crippen LogP contribution >= 0.6 is 11.8 Å². The number of nitrogens with one attached hydrogen (secondary N) is 1. The highest BCUT2D eigenvalue weighted by Crippen LogP contribution is 2.40. The van der Waals surface area contributed by atoms with E-state index in [2.05, 4.69) is 17.5 Å². The molecule has 2 unspecified atom stereocenters. The van der Waals surface area contributed by atoms with Gasteiger partial charge in [0.25, 0.3) is 0 Å². The minimum Gasteiger partial charge on any atom is -0.496 e. The van der Waals surface area contributed by atoms with Crippen molar-refractivity contribution in [2.75, 3.05) is 14.2 Å². The summed E-state index contributed by atoms with van der Waals surface area (Å²) < 4.78 is 5.39. The van der Waals surface area contributed by atoms with Gasteiger partial charge in [-0.05, 0) is 44.9 Å². The molecule has 1 aromatic rings. The zero-order valence-electron chi connectivity index (χ0n) is 11.5. The molecule has 19 heavy (non-hydrogen) atoms. The molecule has 3 nitrogen and oxygen atoms in total. The largest absolute Gasteiger partial charge is 0.496 e. The fourth-order valence-electron chi connectivity index (χ4n) is 2.61. The normalized spacial score (nSPS) is 26.7. The number of methoxy groups -OCH3 is 1. The lowest BCUT2D eigenvalue weighted by molar-refractivity contribution is 0.323. The Morgan fingerprint density at radius 2 is 2.26 bits per heavy atom. The molecule has 0 heterocycles. The quantitative estimate of drug-likeness (QED) is 0.917. The number of rotatable bonds is 4. The lowest BCUT2D eigenvalue weighted by Gasteiger charge is -2.35. The van der Waals surface area contributed by atoms with Gasteiger partial charge in [0.05, 0.1) is 13.2 Å². The maximum atomic E-state index is 9.38. The molecular weight excluding hydrogens is 256 g/mol. The lowest BCUT2D eigenvalue weighted by Crippen LogP contribution is -2.46. The maximum Gasteiger partial charge on any atom is 0.132 e. The Labute approximate surface area is 119 Å². The number of ether oxygens (including phenoxy) is 1. The van der Waals surface area contributed by atoms with Crippen LogP contribution in [0.25, 0.3) is 0 Å². The van der Waals surface area contributed by atoms with Gasteiger partial charge in [0.2, 0.25) is 0 Å². The first-order valence-corrected chi connectivity index (χ1v) is 7.51. The number of thioether (sulfide) groups is 1. The molecule has 1 N–H and O–H groups in total. The summed E-state index contributed by atoms with van der Waals surface area (Å²) in [5, 5.41) is 13.1. The van der Waals surface area contributed by atoms with Crippen molar-refractivity contribution in [3.05, 3.63) is 24.3 Å². The summed E-state index contributed by atoms with van der Waals surface area (Å²) >= 11 is 1.83. The van der Waals surface area contributed by atoms with Crippen LogP contribution in [0.5, 0.6) is 5.75 Å². The Hall–Kier alpha value is -1.18. The third-order valence-corrected chi connectivity index (χ3v) is 5.09. The molecule has 0 bridgehead atoms. The topological polar surface area (TPSA) is 45.0 Å². The van der Waals surface area contributed by atoms with Gasteiger partial charge in [0.1, 0.15) is 11.3 Å². The number of benzene rings is 1. The Morgan fingerprint density at radius 3 is 2.95 bits per heavy atom. The van der Waals surface area contributed by atoms with Crippen molar-refractivity contribution in [1.82, 2.24) is 5.32 Å². The molecule has 2 rings (SSSR count). The molecule has 102 valence electrons. The van der Waals surface area contributed by atoms with E-state index in [0.717, 1.165) is 31.4 Å². The predicted octanol–water partition coefficient (Wildman–Crippen LogP) is 3.21. The van der Waals surface area contributed by atoms with Crippen molar-refractivity contribution in [2.24, 2.45) is 0 Å². The van der Waals surface area contributed by atoms with Crippen molar-refractivity contribution < 1.29 is 4.74 Å². The maximum absolute atomic E-state index is 9.38. The molecule has 0 aromatic heterocycles. The van der Waals surface area contributed by atoms with Gasteiger partial charge in [-0.2, -0.15) is 5.26 Å². The Kier molecular flexibility index (Phi) is 4.73. The molecule has 0 aliphatic heterocycles. The highest BCUT2D eigenvalue weighted by molar-refractivity contribution is 8.00. The summed E-state index contributed by atoms with van der Waals surface area (Å²) in [5.41, 5.74) is -0.349. The van der Waals surface area contributed by atoms with Crippen LogP contribution in [0, 0.1) is 11.3 Å². The smallest absolute Gasteiger partial charge is 0.132 e. The lowest BCUT2D eigenvalue weighted by atomic mass is 9.83. The zero-order valence-corrected chi connectivity index (χ0v) is 12.3. The van der Waals surface area contributed by atoms with E-state index in [1.165, 1.54) is 4.90 Å². The van der Waals surface area contributed by atoms with Gasteiger partial charge in [-0.3, -0.25) is 0 Å². The third-order valence-electron chi connectivity index (χ3n) is 3.76. The van der Waals surface area contributed by atoms with Gasteiger partial charge in [-0.1, -0.05) is 12.1 Å². The summed E-state index contributed by atoms with van der Waals surface area (Å²) in [7, 11) is 3.59. The van der Waals surface area contributed by atoms with Gasteiger partial charge < -0.3 is 10.1 Å². The Morgan fingerprint density at radius 1 is 1.47 bits per heavy atom. The number of nitrogens with zero attached hydrogens (tertiary/aromatic N) is 1. The van der Waals surface area contributed by atoms with Crippen molar-refractivity contribution in [1.29, 1.82) is 5.26 Å². The summed E-state index contributed by atoms with van der Waals surface area (Å²) in [6.45, 7) is 0. The first-order valence-electron chi connectivity index (χ1n) is 6.63. The molecule has 0 spiro atoms. The molecule has 1 aliphatic rings. The van der Waals surface area contributed by atoms with Crippen molar-refractivity contribution in [3.8, 4) is 11.8 Å². The van der Waals surface area contributed by atoms with E-state index in [4.69, 9.17) is 4.74 Å². The molecule has 0 radical (unpaired) electrons. The number of para-hydroxylation sites is 1. The first kappa shape index (κ1) is 14.2. The van der Waals surface area contributed by atoms with Crippen LogP contribution in [-0.4, -0.2) is 24.9 Å². The van der Waals surface area contributed by atoms with Crippen LogP contribution in [0.3, 0.4) is 0 Å². The SMILES string of the molecule is CNC1(C#N)CCCC(Sc2ccccc2OC)C1. The fraction of sp³-hybridized carbons (Fsp3) is 0.533. The van der Waals surface area contributed by atoms with Crippen LogP contribution in [-0.2, 0) is 0 Å². The minimum atomic E-state index is -0.349. The van der Waals surface area contributed by atoms with E-state index in [-0.39, 0.29) is 5.54 Å². The molecule has 1 saturated carbocycles. The number of hydrogen-bond acceptors (Lipinski definition) is 4. The van der Waals surface area contributed by atoms with Crippen LogP contribution in [0.4, 0.5) is 0 Å². The monoisotopic (exact) mass is 276 g/mol. The first-order chi connectivity index (χ1) is 9.23.